The molecule has 5 nitrogen and oxygen atoms in total. The lowest BCUT2D eigenvalue weighted by Gasteiger charge is -2.32. The molecule has 1 aliphatic heterocycles. The average molecular weight is 313 g/mol. The van der Waals surface area contributed by atoms with Gasteiger partial charge in [-0.05, 0) is 20.3 Å². The minimum atomic E-state index is -0.456. The summed E-state index contributed by atoms with van der Waals surface area (Å²) in [5.41, 5.74) is 1.04. The van der Waals surface area contributed by atoms with Gasteiger partial charge in [-0.2, -0.15) is 0 Å². The summed E-state index contributed by atoms with van der Waals surface area (Å²) < 4.78 is -0.456. The van der Waals surface area contributed by atoms with Gasteiger partial charge in [-0.3, -0.25) is 9.59 Å². The Hall–Kier alpha value is -1.08. The maximum absolute atomic E-state index is 12.0. The number of hydrogen-bond donors (Lipinski definition) is 2. The second-order valence-corrected chi connectivity index (χ2v) is 7.74. The first kappa shape index (κ1) is 15.3. The molecule has 20 heavy (non-hydrogen) atoms. The third kappa shape index (κ3) is 3.52. The molecule has 110 valence electrons. The summed E-state index contributed by atoms with van der Waals surface area (Å²) in [6.07, 6.45) is 0.898. The normalized spacial score (nSPS) is 21.4. The molecule has 1 aliphatic rings. The number of rotatable bonds is 4. The number of aromatic nitrogens is 1. The Morgan fingerprint density at radius 3 is 2.95 bits per heavy atom. The maximum Gasteiger partial charge on any atom is 0.243 e. The lowest BCUT2D eigenvalue weighted by molar-refractivity contribution is -0.129. The molecule has 2 N–H and O–H groups in total. The van der Waals surface area contributed by atoms with Crippen LogP contribution in [-0.2, 0) is 22.6 Å². The van der Waals surface area contributed by atoms with Gasteiger partial charge in [0, 0.05) is 11.1 Å². The maximum atomic E-state index is 12.0. The van der Waals surface area contributed by atoms with Gasteiger partial charge in [-0.15, -0.1) is 23.1 Å². The molecule has 0 bridgehead atoms. The van der Waals surface area contributed by atoms with Crippen molar-refractivity contribution >= 4 is 34.9 Å². The molecule has 1 atom stereocenters. The number of nitrogens with one attached hydrogen (secondary N) is 2. The second kappa shape index (κ2) is 6.13. The van der Waals surface area contributed by atoms with E-state index in [1.165, 1.54) is 11.8 Å². The third-order valence-electron chi connectivity index (χ3n) is 3.15. The molecular formula is C13H19N3O2S2. The van der Waals surface area contributed by atoms with E-state index in [4.69, 9.17) is 0 Å². The zero-order valence-electron chi connectivity index (χ0n) is 11.9. The van der Waals surface area contributed by atoms with Crippen molar-refractivity contribution in [1.82, 2.24) is 15.6 Å². The highest BCUT2D eigenvalue weighted by atomic mass is 32.2. The summed E-state index contributed by atoms with van der Waals surface area (Å²) in [5.74, 6) is 0.369. The Bertz CT molecular complexity index is 513. The molecule has 0 radical (unpaired) electrons. The van der Waals surface area contributed by atoms with Crippen LogP contribution in [0.25, 0.3) is 0 Å². The molecular weight excluding hydrogens is 294 g/mol. The minimum Gasteiger partial charge on any atom is -0.348 e. The monoisotopic (exact) mass is 313 g/mol. The highest BCUT2D eigenvalue weighted by molar-refractivity contribution is 8.01. The van der Waals surface area contributed by atoms with Crippen molar-refractivity contribution in [3.63, 3.8) is 0 Å². The molecule has 0 aromatic carbocycles. The standard InChI is InChI=1S/C13H19N3O2S2/c1-4-8-6-19-10(15-8)5-14-11(17)9-7-20-13(2,3)12(18)16-9/h6,9H,4-5,7H2,1-3H3,(H,14,17)(H,16,18)/t9-/m0/s1. The fraction of sp³-hybridized carbons (Fsp3) is 0.615. The molecule has 1 aromatic rings. The Labute approximate surface area is 126 Å². The van der Waals surface area contributed by atoms with Gasteiger partial charge in [0.05, 0.1) is 17.0 Å². The number of nitrogens with zero attached hydrogens (tertiary/aromatic N) is 1. The van der Waals surface area contributed by atoms with E-state index in [-0.39, 0.29) is 11.8 Å². The van der Waals surface area contributed by atoms with Gasteiger partial charge in [0.25, 0.3) is 0 Å². The molecule has 2 amide bonds. The first-order chi connectivity index (χ1) is 9.42. The van der Waals surface area contributed by atoms with E-state index in [1.807, 2.05) is 26.2 Å². The summed E-state index contributed by atoms with van der Waals surface area (Å²) in [6.45, 7) is 6.20. The number of hydrogen-bond acceptors (Lipinski definition) is 5. The molecule has 2 rings (SSSR count). The fourth-order valence-electron chi connectivity index (χ4n) is 1.75. The van der Waals surface area contributed by atoms with Crippen molar-refractivity contribution in [3.8, 4) is 0 Å². The van der Waals surface area contributed by atoms with Gasteiger partial charge >= 0.3 is 0 Å². The van der Waals surface area contributed by atoms with Gasteiger partial charge in [0.15, 0.2) is 0 Å². The van der Waals surface area contributed by atoms with Crippen molar-refractivity contribution in [3.05, 3.63) is 16.1 Å². The Morgan fingerprint density at radius 2 is 2.35 bits per heavy atom. The fourth-order valence-corrected chi connectivity index (χ4v) is 3.58. The number of carbonyl (C=O) groups excluding carboxylic acids is 2. The van der Waals surface area contributed by atoms with Gasteiger partial charge in [0.1, 0.15) is 11.0 Å². The number of thioether (sulfide) groups is 1. The van der Waals surface area contributed by atoms with E-state index in [0.717, 1.165) is 17.1 Å². The van der Waals surface area contributed by atoms with Crippen molar-refractivity contribution in [2.75, 3.05) is 5.75 Å². The Kier molecular flexibility index (Phi) is 4.70. The molecule has 0 saturated carbocycles. The predicted molar refractivity (Wildman–Crippen MR) is 81.8 cm³/mol. The van der Waals surface area contributed by atoms with E-state index < -0.39 is 10.8 Å². The predicted octanol–water partition coefficient (Wildman–Crippen LogP) is 1.33. The highest BCUT2D eigenvalue weighted by Crippen LogP contribution is 2.28. The van der Waals surface area contributed by atoms with E-state index in [0.29, 0.717) is 12.3 Å². The van der Waals surface area contributed by atoms with Crippen LogP contribution >= 0.6 is 23.1 Å². The van der Waals surface area contributed by atoms with Gasteiger partial charge < -0.3 is 10.6 Å². The average Bonchev–Trinajstić information content (AvgIpc) is 2.87. The summed E-state index contributed by atoms with van der Waals surface area (Å²) in [7, 11) is 0. The van der Waals surface area contributed by atoms with Gasteiger partial charge in [-0.1, -0.05) is 6.92 Å². The van der Waals surface area contributed by atoms with E-state index in [9.17, 15) is 9.59 Å². The van der Waals surface area contributed by atoms with Crippen molar-refractivity contribution in [2.24, 2.45) is 0 Å². The topological polar surface area (TPSA) is 71.1 Å². The Morgan fingerprint density at radius 1 is 1.60 bits per heavy atom. The van der Waals surface area contributed by atoms with Crippen molar-refractivity contribution in [1.29, 1.82) is 0 Å². The highest BCUT2D eigenvalue weighted by Gasteiger charge is 2.37. The van der Waals surface area contributed by atoms with Gasteiger partial charge in [-0.25, -0.2) is 4.98 Å². The number of amides is 2. The van der Waals surface area contributed by atoms with Crippen LogP contribution in [0.1, 0.15) is 31.5 Å². The molecule has 0 unspecified atom stereocenters. The molecule has 0 aliphatic carbocycles. The zero-order valence-corrected chi connectivity index (χ0v) is 13.5. The van der Waals surface area contributed by atoms with E-state index >= 15 is 0 Å². The molecule has 1 saturated heterocycles. The lowest BCUT2D eigenvalue weighted by Crippen LogP contribution is -2.57. The van der Waals surface area contributed by atoms with Crippen LogP contribution in [0.3, 0.4) is 0 Å². The molecule has 1 aromatic heterocycles. The number of aryl methyl sites for hydroxylation is 1. The molecule has 7 heteroatoms. The SMILES string of the molecule is CCc1csc(CNC(=O)[C@@H]2CSC(C)(C)C(=O)N2)n1. The first-order valence-corrected chi connectivity index (χ1v) is 8.45. The molecule has 0 spiro atoms. The summed E-state index contributed by atoms with van der Waals surface area (Å²) in [5, 5.41) is 8.50. The van der Waals surface area contributed by atoms with Crippen molar-refractivity contribution in [2.45, 2.75) is 44.5 Å². The second-order valence-electron chi connectivity index (χ2n) is 5.15. The lowest BCUT2D eigenvalue weighted by atomic mass is 10.1. The van der Waals surface area contributed by atoms with Crippen molar-refractivity contribution < 1.29 is 9.59 Å². The van der Waals surface area contributed by atoms with E-state index in [1.54, 1.807) is 11.3 Å². The first-order valence-electron chi connectivity index (χ1n) is 6.58. The van der Waals surface area contributed by atoms with Crippen LogP contribution in [0.4, 0.5) is 0 Å². The summed E-state index contributed by atoms with van der Waals surface area (Å²) >= 11 is 3.05. The quantitative estimate of drug-likeness (QED) is 0.880. The Balaban J connectivity index is 1.85. The minimum absolute atomic E-state index is 0.0867. The van der Waals surface area contributed by atoms with Crippen LogP contribution in [0, 0.1) is 0 Å². The van der Waals surface area contributed by atoms with Crippen LogP contribution < -0.4 is 10.6 Å². The number of thiazole rings is 1. The summed E-state index contributed by atoms with van der Waals surface area (Å²) in [6, 6.07) is -0.453. The zero-order chi connectivity index (χ0) is 14.8. The van der Waals surface area contributed by atoms with E-state index in [2.05, 4.69) is 15.6 Å². The van der Waals surface area contributed by atoms with Crippen LogP contribution in [-0.4, -0.2) is 33.3 Å². The van der Waals surface area contributed by atoms with Crippen LogP contribution in [0.2, 0.25) is 0 Å². The molecule has 1 fully saturated rings. The van der Waals surface area contributed by atoms with Crippen LogP contribution in [0.5, 0.6) is 0 Å². The number of carbonyl (C=O) groups is 2. The largest absolute Gasteiger partial charge is 0.348 e. The molecule has 2 heterocycles. The smallest absolute Gasteiger partial charge is 0.243 e. The summed E-state index contributed by atoms with van der Waals surface area (Å²) in [4.78, 5) is 28.3. The van der Waals surface area contributed by atoms with Gasteiger partial charge in [0.2, 0.25) is 11.8 Å². The van der Waals surface area contributed by atoms with Crippen LogP contribution in [0.15, 0.2) is 5.38 Å². The third-order valence-corrected chi connectivity index (χ3v) is 5.46.